The predicted molar refractivity (Wildman–Crippen MR) is 251 cm³/mol. The zero-order chi connectivity index (χ0) is 43.0. The lowest BCUT2D eigenvalue weighted by atomic mass is 10.1. The molecule has 0 unspecified atom stereocenters. The third-order valence-corrected chi connectivity index (χ3v) is 9.24. The Kier molecular flexibility index (Phi) is 43.6. The second-order valence-corrected chi connectivity index (χ2v) is 14.9. The largest absolute Gasteiger partial charge is 0.462 e. The number of allylic oxidation sites excluding steroid dienone is 18. The van der Waals surface area contributed by atoms with Gasteiger partial charge in [0.15, 0.2) is 6.10 Å². The molecule has 0 aliphatic rings. The Morgan fingerprint density at radius 2 is 0.661 bits per heavy atom. The van der Waals surface area contributed by atoms with E-state index in [1.807, 2.05) is 0 Å². The highest BCUT2D eigenvalue weighted by Gasteiger charge is 2.19. The minimum Gasteiger partial charge on any atom is -0.462 e. The fourth-order valence-corrected chi connectivity index (χ4v) is 5.75. The lowest BCUT2D eigenvalue weighted by Crippen LogP contribution is -2.30. The van der Waals surface area contributed by atoms with Crippen LogP contribution in [0.25, 0.3) is 0 Å². The number of rotatable bonds is 40. The molecule has 0 radical (unpaired) electrons. The Labute approximate surface area is 361 Å². The van der Waals surface area contributed by atoms with Crippen LogP contribution in [0.3, 0.4) is 0 Å². The molecule has 0 fully saturated rings. The van der Waals surface area contributed by atoms with Gasteiger partial charge in [0.05, 0.1) is 0 Å². The van der Waals surface area contributed by atoms with Crippen molar-refractivity contribution in [1.82, 2.24) is 0 Å². The van der Waals surface area contributed by atoms with E-state index < -0.39 is 6.10 Å². The summed E-state index contributed by atoms with van der Waals surface area (Å²) in [5.74, 6) is -1.02. The van der Waals surface area contributed by atoms with Crippen molar-refractivity contribution in [2.24, 2.45) is 0 Å². The van der Waals surface area contributed by atoms with Gasteiger partial charge in [-0.05, 0) is 116 Å². The van der Waals surface area contributed by atoms with E-state index in [9.17, 15) is 14.4 Å². The van der Waals surface area contributed by atoms with E-state index in [1.54, 1.807) is 0 Å². The Bertz CT molecular complexity index is 1190. The van der Waals surface area contributed by atoms with Crippen molar-refractivity contribution in [3.05, 3.63) is 109 Å². The van der Waals surface area contributed by atoms with Crippen LogP contribution in [-0.4, -0.2) is 37.2 Å². The summed E-state index contributed by atoms with van der Waals surface area (Å²) < 4.78 is 16.6. The van der Waals surface area contributed by atoms with E-state index in [4.69, 9.17) is 14.2 Å². The van der Waals surface area contributed by atoms with Crippen LogP contribution in [0.15, 0.2) is 109 Å². The van der Waals surface area contributed by atoms with Crippen LogP contribution in [0.1, 0.15) is 188 Å². The van der Waals surface area contributed by atoms with Crippen molar-refractivity contribution in [2.45, 2.75) is 194 Å². The summed E-state index contributed by atoms with van der Waals surface area (Å²) in [4.78, 5) is 37.8. The quantitative estimate of drug-likeness (QED) is 0.0265. The highest BCUT2D eigenvalue weighted by atomic mass is 16.6. The van der Waals surface area contributed by atoms with E-state index in [0.29, 0.717) is 32.1 Å². The molecule has 0 saturated carbocycles. The lowest BCUT2D eigenvalue weighted by molar-refractivity contribution is -0.167. The van der Waals surface area contributed by atoms with Gasteiger partial charge in [-0.1, -0.05) is 162 Å². The van der Waals surface area contributed by atoms with Gasteiger partial charge in [0.1, 0.15) is 13.2 Å². The average molecular weight is 817 g/mol. The Balaban J connectivity index is 4.54. The smallest absolute Gasteiger partial charge is 0.306 e. The molecular weight excluding hydrogens is 733 g/mol. The molecule has 59 heavy (non-hydrogen) atoms. The molecule has 0 aromatic carbocycles. The maximum atomic E-state index is 12.7. The first-order valence-electron chi connectivity index (χ1n) is 23.4. The minimum atomic E-state index is -0.816. The van der Waals surface area contributed by atoms with Crippen LogP contribution in [0.5, 0.6) is 0 Å². The molecule has 0 aromatic rings. The number of esters is 3. The van der Waals surface area contributed by atoms with Gasteiger partial charge >= 0.3 is 17.9 Å². The molecule has 332 valence electrons. The maximum absolute atomic E-state index is 12.7. The highest BCUT2D eigenvalue weighted by Crippen LogP contribution is 2.11. The average Bonchev–Trinajstić information content (AvgIpc) is 3.23. The Hall–Kier alpha value is -3.93. The molecule has 0 heterocycles. The van der Waals surface area contributed by atoms with E-state index >= 15 is 0 Å². The van der Waals surface area contributed by atoms with Gasteiger partial charge in [0.2, 0.25) is 0 Å². The first-order valence-corrected chi connectivity index (χ1v) is 23.4. The molecule has 0 rings (SSSR count). The third-order valence-electron chi connectivity index (χ3n) is 9.24. The van der Waals surface area contributed by atoms with Gasteiger partial charge in [0.25, 0.3) is 0 Å². The maximum Gasteiger partial charge on any atom is 0.306 e. The first-order chi connectivity index (χ1) is 29.0. The molecule has 0 aromatic heterocycles. The van der Waals surface area contributed by atoms with Crippen LogP contribution in [0.4, 0.5) is 0 Å². The monoisotopic (exact) mass is 817 g/mol. The van der Waals surface area contributed by atoms with Gasteiger partial charge in [-0.2, -0.15) is 0 Å². The molecule has 0 N–H and O–H groups in total. The van der Waals surface area contributed by atoms with Crippen molar-refractivity contribution >= 4 is 17.9 Å². The molecular formula is C53H84O6. The Morgan fingerprint density at radius 3 is 1.08 bits per heavy atom. The Morgan fingerprint density at radius 1 is 0.356 bits per heavy atom. The third kappa shape index (κ3) is 45.0. The summed E-state index contributed by atoms with van der Waals surface area (Å²) >= 11 is 0. The molecule has 6 heteroatoms. The molecule has 0 saturated heterocycles. The standard InChI is InChI=1S/C53H84O6/c1-4-7-10-13-16-19-22-24-26-28-31-33-36-39-42-45-51(54)57-48-50(59-53(56)47-44-41-38-35-30-21-18-15-12-9-6-3)49-58-52(55)46-43-40-37-34-32-29-27-25-23-20-17-14-11-8-5-2/h7-8,10-11,15-20,24-27,31-34,50H,4-6,9,12-14,21-23,28-30,35-49H2,1-3H3/b10-7-,11-8-,18-15-,19-16-,20-17-,26-24-,27-25-,33-31-,34-32-. The summed E-state index contributed by atoms with van der Waals surface area (Å²) in [5.41, 5.74) is 0. The summed E-state index contributed by atoms with van der Waals surface area (Å²) in [6.45, 7) is 6.26. The fraction of sp³-hybridized carbons (Fsp3) is 0.604. The van der Waals surface area contributed by atoms with Crippen LogP contribution in [0, 0.1) is 0 Å². The SMILES string of the molecule is CC/C=C\C/C=C\C/C=C\C/C=C\CCCCC(=O)OCC(COC(=O)CCCC/C=C\C/C=C\C/C=C\C/C=C\CC)OC(=O)CCCCCCC/C=C\CCCC. The van der Waals surface area contributed by atoms with Crippen LogP contribution in [0.2, 0.25) is 0 Å². The van der Waals surface area contributed by atoms with Crippen LogP contribution < -0.4 is 0 Å². The minimum absolute atomic E-state index is 0.119. The number of carbonyl (C=O) groups is 3. The van der Waals surface area contributed by atoms with Crippen molar-refractivity contribution in [2.75, 3.05) is 13.2 Å². The summed E-state index contributed by atoms with van der Waals surface area (Å²) in [5, 5.41) is 0. The topological polar surface area (TPSA) is 78.9 Å². The normalized spacial score (nSPS) is 12.6. The molecule has 0 amide bonds. The molecule has 0 atom stereocenters. The summed E-state index contributed by atoms with van der Waals surface area (Å²) in [7, 11) is 0. The van der Waals surface area contributed by atoms with E-state index in [-0.39, 0.29) is 31.1 Å². The van der Waals surface area contributed by atoms with Gasteiger partial charge in [-0.15, -0.1) is 0 Å². The number of hydrogen-bond acceptors (Lipinski definition) is 6. The van der Waals surface area contributed by atoms with E-state index in [1.165, 1.54) is 25.7 Å². The van der Waals surface area contributed by atoms with Gasteiger partial charge in [-0.3, -0.25) is 14.4 Å². The number of hydrogen-bond donors (Lipinski definition) is 0. The molecule has 0 aliphatic carbocycles. The molecule has 6 nitrogen and oxygen atoms in total. The molecule has 0 bridgehead atoms. The summed E-state index contributed by atoms with van der Waals surface area (Å²) in [6, 6.07) is 0. The zero-order valence-corrected chi connectivity index (χ0v) is 37.7. The van der Waals surface area contributed by atoms with E-state index in [2.05, 4.69) is 130 Å². The first kappa shape index (κ1) is 55.1. The van der Waals surface area contributed by atoms with E-state index in [0.717, 1.165) is 109 Å². The molecule has 0 spiro atoms. The lowest BCUT2D eigenvalue weighted by Gasteiger charge is -2.18. The highest BCUT2D eigenvalue weighted by molar-refractivity contribution is 5.71. The predicted octanol–water partition coefficient (Wildman–Crippen LogP) is 15.2. The second kappa shape index (κ2) is 46.8. The number of carbonyl (C=O) groups excluding carboxylic acids is 3. The van der Waals surface area contributed by atoms with Crippen molar-refractivity contribution < 1.29 is 28.6 Å². The van der Waals surface area contributed by atoms with Crippen LogP contribution >= 0.6 is 0 Å². The van der Waals surface area contributed by atoms with Crippen molar-refractivity contribution in [3.63, 3.8) is 0 Å². The summed E-state index contributed by atoms with van der Waals surface area (Å²) in [6.07, 6.45) is 62.2. The van der Waals surface area contributed by atoms with Crippen molar-refractivity contribution in [3.8, 4) is 0 Å². The molecule has 0 aliphatic heterocycles. The second-order valence-electron chi connectivity index (χ2n) is 14.9. The zero-order valence-electron chi connectivity index (χ0n) is 37.7. The number of unbranched alkanes of at least 4 members (excludes halogenated alkanes) is 11. The fourth-order valence-electron chi connectivity index (χ4n) is 5.75. The van der Waals surface area contributed by atoms with Crippen LogP contribution in [-0.2, 0) is 28.6 Å². The van der Waals surface area contributed by atoms with Gasteiger partial charge < -0.3 is 14.2 Å². The van der Waals surface area contributed by atoms with Gasteiger partial charge in [0, 0.05) is 19.3 Å². The number of ether oxygens (including phenoxy) is 3. The van der Waals surface area contributed by atoms with Crippen molar-refractivity contribution in [1.29, 1.82) is 0 Å². The van der Waals surface area contributed by atoms with Gasteiger partial charge in [-0.25, -0.2) is 0 Å².